The topological polar surface area (TPSA) is 91.8 Å². The number of aromatic nitrogens is 4. The zero-order valence-electron chi connectivity index (χ0n) is 10.3. The first-order chi connectivity index (χ1) is 9.75. The Bertz CT molecular complexity index is 739. The Hall–Kier alpha value is -3.02. The fraction of sp³-hybridized carbons (Fsp3) is 0. The number of carboxylic acid groups (broad SMARTS) is 1. The Morgan fingerprint density at radius 2 is 1.85 bits per heavy atom. The van der Waals surface area contributed by atoms with E-state index in [2.05, 4.69) is 20.6 Å². The van der Waals surface area contributed by atoms with Crippen LogP contribution in [-0.4, -0.2) is 31.7 Å². The molecule has 1 heterocycles. The van der Waals surface area contributed by atoms with Gasteiger partial charge in [-0.15, -0.1) is 10.2 Å². The van der Waals surface area contributed by atoms with Gasteiger partial charge in [0.25, 0.3) is 0 Å². The lowest BCUT2D eigenvalue weighted by Gasteiger charge is -2.08. The highest BCUT2D eigenvalue weighted by Crippen LogP contribution is 2.30. The lowest BCUT2D eigenvalue weighted by molar-refractivity contribution is 0.0697. The number of hydrogen-bond donors (Lipinski definition) is 2. The Morgan fingerprint density at radius 3 is 2.50 bits per heavy atom. The Balaban J connectivity index is 2.22. The summed E-state index contributed by atoms with van der Waals surface area (Å²) < 4.78 is 0. The number of carbonyl (C=O) groups is 1. The van der Waals surface area contributed by atoms with Crippen LogP contribution >= 0.6 is 0 Å². The lowest BCUT2D eigenvalue weighted by atomic mass is 9.97. The number of nitrogens with zero attached hydrogens (tertiary/aromatic N) is 3. The molecule has 0 saturated heterocycles. The van der Waals surface area contributed by atoms with E-state index in [0.717, 1.165) is 11.1 Å². The lowest BCUT2D eigenvalue weighted by Crippen LogP contribution is -1.98. The third-order valence-corrected chi connectivity index (χ3v) is 2.94. The molecule has 98 valence electrons. The van der Waals surface area contributed by atoms with Crippen molar-refractivity contribution >= 4 is 5.97 Å². The van der Waals surface area contributed by atoms with Gasteiger partial charge >= 0.3 is 5.97 Å². The molecule has 2 aromatic carbocycles. The summed E-state index contributed by atoms with van der Waals surface area (Å²) in [4.78, 5) is 11.1. The van der Waals surface area contributed by atoms with E-state index < -0.39 is 5.97 Å². The van der Waals surface area contributed by atoms with E-state index in [1.807, 2.05) is 30.3 Å². The highest BCUT2D eigenvalue weighted by molar-refractivity contribution is 5.92. The number of H-pyrrole nitrogens is 1. The maximum absolute atomic E-state index is 11.1. The van der Waals surface area contributed by atoms with Gasteiger partial charge in [-0.25, -0.2) is 4.79 Å². The second-order valence-corrected chi connectivity index (χ2v) is 4.17. The van der Waals surface area contributed by atoms with Gasteiger partial charge in [0.2, 0.25) is 5.82 Å². The third-order valence-electron chi connectivity index (χ3n) is 2.94. The molecule has 0 amide bonds. The third kappa shape index (κ3) is 2.14. The van der Waals surface area contributed by atoms with Crippen molar-refractivity contribution in [1.29, 1.82) is 0 Å². The summed E-state index contributed by atoms with van der Waals surface area (Å²) in [5, 5.41) is 22.9. The maximum Gasteiger partial charge on any atom is 0.335 e. The molecule has 0 bridgehead atoms. The SMILES string of the molecule is O=C(O)c1ccc(-c2ccccc2)c(-c2nn[nH]n2)c1. The molecule has 1 aromatic heterocycles. The van der Waals surface area contributed by atoms with Crippen LogP contribution < -0.4 is 0 Å². The van der Waals surface area contributed by atoms with E-state index in [9.17, 15) is 4.79 Å². The van der Waals surface area contributed by atoms with E-state index in [4.69, 9.17) is 5.11 Å². The molecule has 0 aliphatic heterocycles. The van der Waals surface area contributed by atoms with Crippen LogP contribution in [-0.2, 0) is 0 Å². The van der Waals surface area contributed by atoms with Gasteiger partial charge < -0.3 is 5.11 Å². The van der Waals surface area contributed by atoms with Crippen molar-refractivity contribution in [2.75, 3.05) is 0 Å². The van der Waals surface area contributed by atoms with Gasteiger partial charge in [0.1, 0.15) is 0 Å². The number of hydrogen-bond acceptors (Lipinski definition) is 4. The molecule has 0 saturated carbocycles. The largest absolute Gasteiger partial charge is 0.478 e. The van der Waals surface area contributed by atoms with Crippen LogP contribution in [0.3, 0.4) is 0 Å². The highest BCUT2D eigenvalue weighted by atomic mass is 16.4. The van der Waals surface area contributed by atoms with Gasteiger partial charge in [-0.3, -0.25) is 0 Å². The minimum Gasteiger partial charge on any atom is -0.478 e. The summed E-state index contributed by atoms with van der Waals surface area (Å²) in [6.45, 7) is 0. The molecule has 0 unspecified atom stereocenters. The molecule has 0 aliphatic rings. The summed E-state index contributed by atoms with van der Waals surface area (Å²) >= 11 is 0. The predicted molar refractivity (Wildman–Crippen MR) is 72.0 cm³/mol. The molecule has 3 rings (SSSR count). The van der Waals surface area contributed by atoms with Gasteiger partial charge in [0, 0.05) is 5.56 Å². The zero-order valence-corrected chi connectivity index (χ0v) is 10.3. The standard InChI is InChI=1S/C14H10N4O2/c19-14(20)10-6-7-11(9-4-2-1-3-5-9)12(8-10)13-15-17-18-16-13/h1-8H,(H,19,20)(H,15,16,17,18). The van der Waals surface area contributed by atoms with Crippen molar-refractivity contribution in [3.05, 3.63) is 54.1 Å². The van der Waals surface area contributed by atoms with E-state index in [1.165, 1.54) is 0 Å². The van der Waals surface area contributed by atoms with Crippen LogP contribution in [0.25, 0.3) is 22.5 Å². The van der Waals surface area contributed by atoms with Crippen molar-refractivity contribution in [2.45, 2.75) is 0 Å². The minimum absolute atomic E-state index is 0.185. The highest BCUT2D eigenvalue weighted by Gasteiger charge is 2.14. The van der Waals surface area contributed by atoms with Crippen LogP contribution in [0.2, 0.25) is 0 Å². The van der Waals surface area contributed by atoms with Gasteiger partial charge in [-0.05, 0) is 28.5 Å². The smallest absolute Gasteiger partial charge is 0.335 e. The van der Waals surface area contributed by atoms with E-state index in [-0.39, 0.29) is 5.56 Å². The summed E-state index contributed by atoms with van der Waals surface area (Å²) in [5.41, 5.74) is 2.63. The molecule has 0 atom stereocenters. The predicted octanol–water partition coefficient (Wildman–Crippen LogP) is 2.23. The molecule has 0 radical (unpaired) electrons. The summed E-state index contributed by atoms with van der Waals surface area (Å²) in [5.74, 6) is -0.624. The molecule has 0 aliphatic carbocycles. The second-order valence-electron chi connectivity index (χ2n) is 4.17. The van der Waals surface area contributed by atoms with E-state index in [1.54, 1.807) is 18.2 Å². The van der Waals surface area contributed by atoms with Crippen molar-refractivity contribution in [1.82, 2.24) is 20.6 Å². The monoisotopic (exact) mass is 266 g/mol. The second kappa shape index (κ2) is 4.93. The Kier molecular flexibility index (Phi) is 2.96. The summed E-state index contributed by atoms with van der Waals surface area (Å²) in [6.07, 6.45) is 0. The molecule has 6 heteroatoms. The van der Waals surface area contributed by atoms with Crippen molar-refractivity contribution in [2.24, 2.45) is 0 Å². The van der Waals surface area contributed by atoms with Gasteiger partial charge in [-0.1, -0.05) is 36.4 Å². The van der Waals surface area contributed by atoms with E-state index >= 15 is 0 Å². The number of tetrazole rings is 1. The normalized spacial score (nSPS) is 10.4. The Labute approximate surface area is 114 Å². The number of aromatic amines is 1. The number of benzene rings is 2. The van der Waals surface area contributed by atoms with Crippen molar-refractivity contribution in [3.63, 3.8) is 0 Å². The molecule has 0 fully saturated rings. The molecule has 3 aromatic rings. The number of carboxylic acids is 1. The number of aromatic carboxylic acids is 1. The molecule has 20 heavy (non-hydrogen) atoms. The number of rotatable bonds is 3. The van der Waals surface area contributed by atoms with Crippen LogP contribution in [0.15, 0.2) is 48.5 Å². The van der Waals surface area contributed by atoms with Gasteiger partial charge in [-0.2, -0.15) is 5.21 Å². The quantitative estimate of drug-likeness (QED) is 0.758. The average molecular weight is 266 g/mol. The summed E-state index contributed by atoms with van der Waals surface area (Å²) in [6, 6.07) is 14.5. The minimum atomic E-state index is -0.991. The fourth-order valence-electron chi connectivity index (χ4n) is 2.01. The van der Waals surface area contributed by atoms with Crippen LogP contribution in [0.4, 0.5) is 0 Å². The first-order valence-electron chi connectivity index (χ1n) is 5.92. The fourth-order valence-corrected chi connectivity index (χ4v) is 2.01. The summed E-state index contributed by atoms with van der Waals surface area (Å²) in [7, 11) is 0. The van der Waals surface area contributed by atoms with Crippen molar-refractivity contribution < 1.29 is 9.90 Å². The average Bonchev–Trinajstić information content (AvgIpc) is 3.01. The molecule has 2 N–H and O–H groups in total. The molecule has 0 spiro atoms. The maximum atomic E-state index is 11.1. The van der Waals surface area contributed by atoms with Crippen LogP contribution in [0, 0.1) is 0 Å². The number of nitrogens with one attached hydrogen (secondary N) is 1. The molecule has 6 nitrogen and oxygen atoms in total. The van der Waals surface area contributed by atoms with Crippen molar-refractivity contribution in [3.8, 4) is 22.5 Å². The van der Waals surface area contributed by atoms with Crippen LogP contribution in [0.1, 0.15) is 10.4 Å². The molecular weight excluding hydrogens is 256 g/mol. The van der Waals surface area contributed by atoms with Gasteiger partial charge in [0.05, 0.1) is 5.56 Å². The zero-order chi connectivity index (χ0) is 13.9. The van der Waals surface area contributed by atoms with Crippen LogP contribution in [0.5, 0.6) is 0 Å². The molecular formula is C14H10N4O2. The van der Waals surface area contributed by atoms with E-state index in [0.29, 0.717) is 11.4 Å². The first kappa shape index (κ1) is 12.0. The first-order valence-corrected chi connectivity index (χ1v) is 5.92. The van der Waals surface area contributed by atoms with Gasteiger partial charge in [0.15, 0.2) is 0 Å². The Morgan fingerprint density at radius 1 is 1.05 bits per heavy atom.